The number of rotatable bonds is 7. The number of nitrogens with one attached hydrogen (secondary N) is 1. The van der Waals surface area contributed by atoms with Gasteiger partial charge in [0, 0.05) is 13.2 Å². The second kappa shape index (κ2) is 6.80. The van der Waals surface area contributed by atoms with Crippen molar-refractivity contribution < 1.29 is 9.47 Å². The number of benzene rings is 1. The van der Waals surface area contributed by atoms with E-state index in [0.29, 0.717) is 12.6 Å². The van der Waals surface area contributed by atoms with Crippen molar-refractivity contribution in [3.63, 3.8) is 0 Å². The standard InChI is InChI=1S/C16H27NO2/c1-7-19-15-10-12(2)8-9-14(15)17-13(3)11-16(4,5)18-6/h8-10,13,17H,7,11H2,1-6H3. The Morgan fingerprint density at radius 3 is 2.58 bits per heavy atom. The van der Waals surface area contributed by atoms with Crippen LogP contribution in [0.25, 0.3) is 0 Å². The molecule has 0 aliphatic rings. The maximum absolute atomic E-state index is 5.68. The predicted molar refractivity (Wildman–Crippen MR) is 81.1 cm³/mol. The van der Waals surface area contributed by atoms with Crippen molar-refractivity contribution in [1.82, 2.24) is 0 Å². The van der Waals surface area contributed by atoms with E-state index in [9.17, 15) is 0 Å². The van der Waals surface area contributed by atoms with E-state index in [0.717, 1.165) is 17.9 Å². The lowest BCUT2D eigenvalue weighted by Crippen LogP contribution is -2.31. The summed E-state index contributed by atoms with van der Waals surface area (Å²) in [6.07, 6.45) is 0.933. The molecule has 1 unspecified atom stereocenters. The van der Waals surface area contributed by atoms with Crippen LogP contribution in [-0.2, 0) is 4.74 Å². The summed E-state index contributed by atoms with van der Waals surface area (Å²) in [5, 5.41) is 3.51. The highest BCUT2D eigenvalue weighted by Gasteiger charge is 2.20. The first-order valence-electron chi connectivity index (χ1n) is 6.93. The van der Waals surface area contributed by atoms with Gasteiger partial charge in [-0.25, -0.2) is 0 Å². The van der Waals surface area contributed by atoms with E-state index in [4.69, 9.17) is 9.47 Å². The third kappa shape index (κ3) is 5.11. The molecule has 0 bridgehead atoms. The Balaban J connectivity index is 2.75. The van der Waals surface area contributed by atoms with E-state index < -0.39 is 0 Å². The van der Waals surface area contributed by atoms with Gasteiger partial charge in [0.2, 0.25) is 0 Å². The van der Waals surface area contributed by atoms with Crippen LogP contribution in [0.5, 0.6) is 5.75 Å². The molecule has 1 N–H and O–H groups in total. The molecule has 0 aromatic heterocycles. The minimum atomic E-state index is -0.122. The average molecular weight is 265 g/mol. The molecule has 0 heterocycles. The van der Waals surface area contributed by atoms with Crippen LogP contribution in [0.2, 0.25) is 0 Å². The Bertz CT molecular complexity index is 402. The van der Waals surface area contributed by atoms with Gasteiger partial charge >= 0.3 is 0 Å². The van der Waals surface area contributed by atoms with E-state index in [-0.39, 0.29) is 5.60 Å². The van der Waals surface area contributed by atoms with Crippen LogP contribution in [0.4, 0.5) is 5.69 Å². The minimum Gasteiger partial charge on any atom is -0.492 e. The van der Waals surface area contributed by atoms with Crippen molar-refractivity contribution in [1.29, 1.82) is 0 Å². The zero-order valence-electron chi connectivity index (χ0n) is 13.0. The Kier molecular flexibility index (Phi) is 5.67. The fourth-order valence-corrected chi connectivity index (χ4v) is 2.16. The van der Waals surface area contributed by atoms with Crippen molar-refractivity contribution in [2.24, 2.45) is 0 Å². The van der Waals surface area contributed by atoms with Gasteiger partial charge in [-0.05, 0) is 58.7 Å². The van der Waals surface area contributed by atoms with E-state index in [2.05, 4.69) is 51.2 Å². The Hall–Kier alpha value is -1.22. The van der Waals surface area contributed by atoms with Crippen LogP contribution >= 0.6 is 0 Å². The first-order chi connectivity index (χ1) is 8.88. The van der Waals surface area contributed by atoms with Gasteiger partial charge in [-0.3, -0.25) is 0 Å². The van der Waals surface area contributed by atoms with E-state index >= 15 is 0 Å². The Morgan fingerprint density at radius 1 is 1.32 bits per heavy atom. The van der Waals surface area contributed by atoms with Crippen molar-refractivity contribution in [3.05, 3.63) is 23.8 Å². The first kappa shape index (κ1) is 15.8. The molecule has 0 fully saturated rings. The summed E-state index contributed by atoms with van der Waals surface area (Å²) < 4.78 is 11.2. The van der Waals surface area contributed by atoms with Gasteiger partial charge in [-0.2, -0.15) is 0 Å². The number of aryl methyl sites for hydroxylation is 1. The second-order valence-electron chi connectivity index (χ2n) is 5.65. The molecule has 19 heavy (non-hydrogen) atoms. The van der Waals surface area contributed by atoms with Crippen molar-refractivity contribution in [2.45, 2.75) is 52.7 Å². The highest BCUT2D eigenvalue weighted by atomic mass is 16.5. The molecule has 1 atom stereocenters. The lowest BCUT2D eigenvalue weighted by molar-refractivity contribution is 0.0128. The molecule has 0 spiro atoms. The molecule has 0 saturated carbocycles. The molecule has 0 radical (unpaired) electrons. The molecule has 0 amide bonds. The summed E-state index contributed by atoms with van der Waals surface area (Å²) in [6, 6.07) is 6.56. The first-order valence-corrected chi connectivity index (χ1v) is 6.93. The maximum Gasteiger partial charge on any atom is 0.142 e. The highest BCUT2D eigenvalue weighted by Crippen LogP contribution is 2.28. The fourth-order valence-electron chi connectivity index (χ4n) is 2.16. The summed E-state index contributed by atoms with van der Waals surface area (Å²) in [7, 11) is 1.75. The molecule has 0 aliphatic carbocycles. The van der Waals surface area contributed by atoms with Crippen LogP contribution < -0.4 is 10.1 Å². The monoisotopic (exact) mass is 265 g/mol. The molecule has 3 nitrogen and oxygen atoms in total. The molecule has 3 heteroatoms. The van der Waals surface area contributed by atoms with Crippen molar-refractivity contribution in [2.75, 3.05) is 19.0 Å². The van der Waals surface area contributed by atoms with E-state index in [1.165, 1.54) is 5.56 Å². The largest absolute Gasteiger partial charge is 0.492 e. The minimum absolute atomic E-state index is 0.122. The summed E-state index contributed by atoms with van der Waals surface area (Å²) in [4.78, 5) is 0. The quantitative estimate of drug-likeness (QED) is 0.808. The molecule has 108 valence electrons. The number of ether oxygens (including phenoxy) is 2. The third-order valence-corrected chi connectivity index (χ3v) is 3.19. The molecule has 1 aromatic rings. The summed E-state index contributed by atoms with van der Waals surface area (Å²) in [6.45, 7) is 11.1. The van der Waals surface area contributed by atoms with Crippen LogP contribution in [0, 0.1) is 6.92 Å². The Morgan fingerprint density at radius 2 is 2.00 bits per heavy atom. The molecule has 0 aliphatic heterocycles. The normalized spacial score (nSPS) is 13.2. The zero-order chi connectivity index (χ0) is 14.5. The molecule has 0 saturated heterocycles. The summed E-state index contributed by atoms with van der Waals surface area (Å²) in [5.74, 6) is 0.921. The summed E-state index contributed by atoms with van der Waals surface area (Å²) in [5.41, 5.74) is 2.13. The molecule has 1 aromatic carbocycles. The lowest BCUT2D eigenvalue weighted by Gasteiger charge is -2.28. The SMILES string of the molecule is CCOc1cc(C)ccc1NC(C)CC(C)(C)OC. The second-order valence-corrected chi connectivity index (χ2v) is 5.65. The van der Waals surface area contributed by atoms with Gasteiger partial charge in [0.15, 0.2) is 0 Å². The predicted octanol–water partition coefficient (Wildman–Crippen LogP) is 4.01. The summed E-state index contributed by atoms with van der Waals surface area (Å²) >= 11 is 0. The van der Waals surface area contributed by atoms with Gasteiger partial charge < -0.3 is 14.8 Å². The highest BCUT2D eigenvalue weighted by molar-refractivity contribution is 5.58. The van der Waals surface area contributed by atoms with Crippen LogP contribution in [-0.4, -0.2) is 25.4 Å². The number of hydrogen-bond donors (Lipinski definition) is 1. The van der Waals surface area contributed by atoms with E-state index in [1.54, 1.807) is 7.11 Å². The number of anilines is 1. The van der Waals surface area contributed by atoms with Gasteiger partial charge in [0.1, 0.15) is 5.75 Å². The number of hydrogen-bond acceptors (Lipinski definition) is 3. The van der Waals surface area contributed by atoms with Crippen LogP contribution in [0.1, 0.15) is 39.7 Å². The third-order valence-electron chi connectivity index (χ3n) is 3.19. The van der Waals surface area contributed by atoms with Gasteiger partial charge in [-0.15, -0.1) is 0 Å². The van der Waals surface area contributed by atoms with Crippen molar-refractivity contribution >= 4 is 5.69 Å². The lowest BCUT2D eigenvalue weighted by atomic mass is 9.99. The van der Waals surface area contributed by atoms with E-state index in [1.807, 2.05) is 6.92 Å². The van der Waals surface area contributed by atoms with Crippen LogP contribution in [0.15, 0.2) is 18.2 Å². The Labute approximate surface area is 117 Å². The molecule has 1 rings (SSSR count). The fraction of sp³-hybridized carbons (Fsp3) is 0.625. The zero-order valence-corrected chi connectivity index (χ0v) is 13.0. The van der Waals surface area contributed by atoms with Gasteiger partial charge in [0.05, 0.1) is 17.9 Å². The number of methoxy groups -OCH3 is 1. The maximum atomic E-state index is 5.68. The van der Waals surface area contributed by atoms with Crippen LogP contribution in [0.3, 0.4) is 0 Å². The smallest absolute Gasteiger partial charge is 0.142 e. The average Bonchev–Trinajstić information content (AvgIpc) is 2.32. The van der Waals surface area contributed by atoms with Gasteiger partial charge in [0.25, 0.3) is 0 Å². The molecular formula is C16H27NO2. The van der Waals surface area contributed by atoms with Gasteiger partial charge in [-0.1, -0.05) is 6.07 Å². The topological polar surface area (TPSA) is 30.5 Å². The molecular weight excluding hydrogens is 238 g/mol. The van der Waals surface area contributed by atoms with Crippen molar-refractivity contribution in [3.8, 4) is 5.75 Å².